The molecule has 8 heteroatoms. The standard InChI is InChI=1S/C6H8F4O3.FH/c1-2-3-13-5(7,4(11)12)6(8,9)10;/h2-3H2,1H3,(H,11,12);1H. The van der Waals surface area contributed by atoms with Crippen LogP contribution in [0.1, 0.15) is 13.3 Å². The quantitative estimate of drug-likeness (QED) is 0.741. The van der Waals surface area contributed by atoms with Crippen LogP contribution in [0.4, 0.5) is 22.3 Å². The Morgan fingerprint density at radius 3 is 2.00 bits per heavy atom. The van der Waals surface area contributed by atoms with Gasteiger partial charge in [-0.05, 0) is 6.42 Å². The normalized spacial score (nSPS) is 15.5. The molecule has 3 nitrogen and oxygen atoms in total. The minimum atomic E-state index is -5.56. The van der Waals surface area contributed by atoms with Crippen molar-refractivity contribution in [2.75, 3.05) is 6.61 Å². The Balaban J connectivity index is 0. The Bertz CT molecular complexity index is 192. The number of ether oxygens (including phenoxy) is 1. The van der Waals surface area contributed by atoms with E-state index in [1.54, 1.807) is 0 Å². The van der Waals surface area contributed by atoms with E-state index in [0.29, 0.717) is 0 Å². The van der Waals surface area contributed by atoms with Crippen LogP contribution in [-0.2, 0) is 9.53 Å². The minimum Gasteiger partial charge on any atom is -0.477 e. The van der Waals surface area contributed by atoms with Gasteiger partial charge in [0.2, 0.25) is 0 Å². The molecule has 0 radical (unpaired) electrons. The Hall–Kier alpha value is -0.920. The summed E-state index contributed by atoms with van der Waals surface area (Å²) in [5, 5.41) is 7.97. The number of halogens is 5. The molecule has 1 unspecified atom stereocenters. The second-order valence-electron chi connectivity index (χ2n) is 2.25. The molecular formula is C6H9F5O3. The fraction of sp³-hybridized carbons (Fsp3) is 0.833. The summed E-state index contributed by atoms with van der Waals surface area (Å²) in [7, 11) is 0. The van der Waals surface area contributed by atoms with Crippen LogP contribution in [0.5, 0.6) is 0 Å². The third kappa shape index (κ3) is 3.09. The van der Waals surface area contributed by atoms with Gasteiger partial charge in [-0.25, -0.2) is 4.79 Å². The molecule has 0 aromatic carbocycles. The topological polar surface area (TPSA) is 46.5 Å². The van der Waals surface area contributed by atoms with Crippen molar-refractivity contribution in [2.24, 2.45) is 0 Å². The molecule has 0 aromatic heterocycles. The smallest absolute Gasteiger partial charge is 0.460 e. The SMILES string of the molecule is CCCOC(F)(C(=O)O)C(F)(F)F.F. The number of hydrogen-bond acceptors (Lipinski definition) is 2. The number of carbonyl (C=O) groups is 1. The molecule has 0 bridgehead atoms. The average Bonchev–Trinajstić information content (AvgIpc) is 1.97. The van der Waals surface area contributed by atoms with E-state index in [2.05, 4.69) is 4.74 Å². The van der Waals surface area contributed by atoms with Crippen LogP contribution in [0.15, 0.2) is 0 Å². The summed E-state index contributed by atoms with van der Waals surface area (Å²) in [6.07, 6.45) is -5.47. The van der Waals surface area contributed by atoms with Gasteiger partial charge in [0.15, 0.2) is 0 Å². The van der Waals surface area contributed by atoms with Crippen LogP contribution < -0.4 is 0 Å². The van der Waals surface area contributed by atoms with E-state index in [0.717, 1.165) is 0 Å². The van der Waals surface area contributed by atoms with Gasteiger partial charge in [-0.3, -0.25) is 4.70 Å². The highest BCUT2D eigenvalue weighted by molar-refractivity contribution is 5.76. The minimum absolute atomic E-state index is 0. The largest absolute Gasteiger partial charge is 0.477 e. The first-order valence-electron chi connectivity index (χ1n) is 3.38. The van der Waals surface area contributed by atoms with Crippen molar-refractivity contribution >= 4 is 5.97 Å². The molecule has 0 aliphatic carbocycles. The molecule has 0 aliphatic heterocycles. The maximum Gasteiger partial charge on any atom is 0.460 e. The van der Waals surface area contributed by atoms with E-state index in [-0.39, 0.29) is 11.1 Å². The maximum atomic E-state index is 12.7. The second-order valence-corrected chi connectivity index (χ2v) is 2.25. The number of aliphatic carboxylic acids is 1. The van der Waals surface area contributed by atoms with Gasteiger partial charge < -0.3 is 9.84 Å². The predicted molar refractivity (Wildman–Crippen MR) is 36.3 cm³/mol. The maximum absolute atomic E-state index is 12.7. The molecule has 0 rings (SSSR count). The van der Waals surface area contributed by atoms with Gasteiger partial charge in [0, 0.05) is 0 Å². The molecule has 14 heavy (non-hydrogen) atoms. The lowest BCUT2D eigenvalue weighted by Crippen LogP contribution is -2.50. The van der Waals surface area contributed by atoms with E-state index < -0.39 is 24.6 Å². The first-order chi connectivity index (χ1) is 5.75. The highest BCUT2D eigenvalue weighted by atomic mass is 19.4. The lowest BCUT2D eigenvalue weighted by Gasteiger charge is -2.22. The fourth-order valence-electron chi connectivity index (χ4n) is 0.508. The predicted octanol–water partition coefficient (Wildman–Crippen LogP) is 1.88. The van der Waals surface area contributed by atoms with Gasteiger partial charge in [-0.15, -0.1) is 0 Å². The molecule has 0 saturated heterocycles. The Kier molecular flexibility index (Phi) is 5.65. The molecule has 0 heterocycles. The average molecular weight is 224 g/mol. The van der Waals surface area contributed by atoms with Crippen molar-refractivity contribution < 1.29 is 36.9 Å². The van der Waals surface area contributed by atoms with Crippen LogP contribution in [0, 0.1) is 0 Å². The lowest BCUT2D eigenvalue weighted by atomic mass is 10.3. The number of alkyl halides is 4. The summed E-state index contributed by atoms with van der Waals surface area (Å²) < 4.78 is 51.7. The van der Waals surface area contributed by atoms with Crippen LogP contribution in [-0.4, -0.2) is 29.7 Å². The first-order valence-corrected chi connectivity index (χ1v) is 3.38. The number of hydrogen-bond donors (Lipinski definition) is 1. The fourth-order valence-corrected chi connectivity index (χ4v) is 0.508. The van der Waals surface area contributed by atoms with Crippen LogP contribution in [0.2, 0.25) is 0 Å². The summed E-state index contributed by atoms with van der Waals surface area (Å²) in [5.41, 5.74) is 0. The number of carboxylic acids is 1. The van der Waals surface area contributed by atoms with Crippen molar-refractivity contribution in [1.29, 1.82) is 0 Å². The highest BCUT2D eigenvalue weighted by Gasteiger charge is 2.64. The van der Waals surface area contributed by atoms with Crippen LogP contribution in [0.3, 0.4) is 0 Å². The lowest BCUT2D eigenvalue weighted by molar-refractivity contribution is -0.322. The molecule has 0 aromatic rings. The molecule has 1 N–H and O–H groups in total. The van der Waals surface area contributed by atoms with Gasteiger partial charge in [0.1, 0.15) is 0 Å². The first kappa shape index (κ1) is 15.5. The molecular weight excluding hydrogens is 215 g/mol. The molecule has 0 amide bonds. The van der Waals surface area contributed by atoms with Crippen LogP contribution >= 0.6 is 0 Å². The Labute approximate surface area is 76.0 Å². The van der Waals surface area contributed by atoms with E-state index in [1.165, 1.54) is 6.92 Å². The van der Waals surface area contributed by atoms with Gasteiger partial charge in [-0.2, -0.15) is 17.6 Å². The van der Waals surface area contributed by atoms with E-state index in [1.807, 2.05) is 0 Å². The van der Waals surface area contributed by atoms with Gasteiger partial charge in [-0.1, -0.05) is 6.92 Å². The van der Waals surface area contributed by atoms with Crippen molar-refractivity contribution in [3.8, 4) is 0 Å². The zero-order chi connectivity index (χ0) is 10.7. The summed E-state index contributed by atoms with van der Waals surface area (Å²) in [6, 6.07) is 0. The molecule has 0 spiro atoms. The molecule has 1 atom stereocenters. The van der Waals surface area contributed by atoms with Crippen molar-refractivity contribution in [3.05, 3.63) is 0 Å². The summed E-state index contributed by atoms with van der Waals surface area (Å²) in [4.78, 5) is 9.95. The van der Waals surface area contributed by atoms with Gasteiger partial charge in [0.05, 0.1) is 6.61 Å². The Morgan fingerprint density at radius 1 is 1.36 bits per heavy atom. The van der Waals surface area contributed by atoms with E-state index >= 15 is 0 Å². The summed E-state index contributed by atoms with van der Waals surface area (Å²) >= 11 is 0. The number of carboxylic acid groups (broad SMARTS) is 1. The van der Waals surface area contributed by atoms with E-state index in [4.69, 9.17) is 5.11 Å². The molecule has 0 saturated carbocycles. The molecule has 0 aliphatic rings. The number of rotatable bonds is 4. The van der Waals surface area contributed by atoms with Crippen LogP contribution in [0.25, 0.3) is 0 Å². The highest BCUT2D eigenvalue weighted by Crippen LogP contribution is 2.35. The van der Waals surface area contributed by atoms with Crippen molar-refractivity contribution in [1.82, 2.24) is 0 Å². The third-order valence-electron chi connectivity index (χ3n) is 1.14. The van der Waals surface area contributed by atoms with Crippen molar-refractivity contribution in [3.63, 3.8) is 0 Å². The summed E-state index contributed by atoms with van der Waals surface area (Å²) in [5.74, 6) is -7.28. The summed E-state index contributed by atoms with van der Waals surface area (Å²) in [6.45, 7) is 0.820. The van der Waals surface area contributed by atoms with E-state index in [9.17, 15) is 22.4 Å². The zero-order valence-electron chi connectivity index (χ0n) is 7.10. The Morgan fingerprint density at radius 2 is 1.79 bits per heavy atom. The zero-order valence-corrected chi connectivity index (χ0v) is 7.10. The third-order valence-corrected chi connectivity index (χ3v) is 1.14. The molecule has 0 fully saturated rings. The van der Waals surface area contributed by atoms with Crippen molar-refractivity contribution in [2.45, 2.75) is 25.4 Å². The van der Waals surface area contributed by atoms with Gasteiger partial charge in [0.25, 0.3) is 0 Å². The molecule has 86 valence electrons. The van der Waals surface area contributed by atoms with Gasteiger partial charge >= 0.3 is 18.0 Å². The second kappa shape index (κ2) is 5.08. The monoisotopic (exact) mass is 224 g/mol.